The van der Waals surface area contributed by atoms with Crippen molar-refractivity contribution in [2.45, 2.75) is 19.8 Å². The summed E-state index contributed by atoms with van der Waals surface area (Å²) >= 11 is 0. The zero-order valence-electron chi connectivity index (χ0n) is 14.3. The largest absolute Gasteiger partial charge is 0.482 e. The molecule has 25 heavy (non-hydrogen) atoms. The maximum atomic E-state index is 12.1. The van der Waals surface area contributed by atoms with Gasteiger partial charge in [0.25, 0.3) is 5.91 Å². The summed E-state index contributed by atoms with van der Waals surface area (Å²) in [5.41, 5.74) is 3.00. The molecule has 5 heteroatoms. The number of anilines is 1. The fourth-order valence-corrected chi connectivity index (χ4v) is 2.85. The third kappa shape index (κ3) is 4.38. The zero-order valence-corrected chi connectivity index (χ0v) is 14.3. The lowest BCUT2D eigenvalue weighted by molar-refractivity contribution is -0.122. The molecule has 5 nitrogen and oxygen atoms in total. The maximum Gasteiger partial charge on any atom is 0.265 e. The zero-order chi connectivity index (χ0) is 17.6. The number of nitrogens with zero attached hydrogens (tertiary/aromatic N) is 1. The highest BCUT2D eigenvalue weighted by atomic mass is 16.5. The Morgan fingerprint density at radius 3 is 2.80 bits per heavy atom. The van der Waals surface area contributed by atoms with E-state index in [1.807, 2.05) is 55.5 Å². The fraction of sp³-hybridized carbons (Fsp3) is 0.300. The minimum atomic E-state index is -0.117. The second-order valence-corrected chi connectivity index (χ2v) is 6.14. The third-order valence-corrected chi connectivity index (χ3v) is 4.20. The van der Waals surface area contributed by atoms with E-state index in [0.717, 1.165) is 17.7 Å². The second-order valence-electron chi connectivity index (χ2n) is 6.14. The molecule has 1 aliphatic rings. The van der Waals surface area contributed by atoms with Crippen molar-refractivity contribution in [3.05, 3.63) is 59.7 Å². The van der Waals surface area contributed by atoms with Crippen LogP contribution in [-0.4, -0.2) is 31.5 Å². The predicted octanol–water partition coefficient (Wildman–Crippen LogP) is 2.47. The van der Waals surface area contributed by atoms with Gasteiger partial charge in [0.1, 0.15) is 5.75 Å². The van der Waals surface area contributed by atoms with Gasteiger partial charge in [0.05, 0.1) is 5.69 Å². The van der Waals surface area contributed by atoms with Crippen LogP contribution in [0.15, 0.2) is 48.5 Å². The van der Waals surface area contributed by atoms with Crippen LogP contribution in [0, 0.1) is 6.92 Å². The van der Waals surface area contributed by atoms with Crippen LogP contribution in [0.25, 0.3) is 0 Å². The minimum absolute atomic E-state index is 0.0199. The Morgan fingerprint density at radius 1 is 1.20 bits per heavy atom. The molecule has 1 aliphatic heterocycles. The molecule has 0 radical (unpaired) electrons. The summed E-state index contributed by atoms with van der Waals surface area (Å²) in [5.74, 6) is 0.529. The molecule has 1 heterocycles. The van der Waals surface area contributed by atoms with Crippen LogP contribution in [0.4, 0.5) is 5.69 Å². The van der Waals surface area contributed by atoms with Crippen molar-refractivity contribution in [2.75, 3.05) is 24.6 Å². The highest BCUT2D eigenvalue weighted by Gasteiger charge is 2.25. The van der Waals surface area contributed by atoms with Crippen molar-refractivity contribution in [1.29, 1.82) is 0 Å². The van der Waals surface area contributed by atoms with Gasteiger partial charge in [-0.2, -0.15) is 0 Å². The van der Waals surface area contributed by atoms with Crippen LogP contribution >= 0.6 is 0 Å². The van der Waals surface area contributed by atoms with Gasteiger partial charge in [-0.25, -0.2) is 0 Å². The van der Waals surface area contributed by atoms with E-state index < -0.39 is 0 Å². The van der Waals surface area contributed by atoms with Gasteiger partial charge in [-0.1, -0.05) is 36.4 Å². The van der Waals surface area contributed by atoms with Crippen molar-refractivity contribution in [2.24, 2.45) is 0 Å². The molecular formula is C20H22N2O3. The van der Waals surface area contributed by atoms with E-state index in [9.17, 15) is 9.59 Å². The summed E-state index contributed by atoms with van der Waals surface area (Å²) in [4.78, 5) is 25.8. The van der Waals surface area contributed by atoms with Crippen molar-refractivity contribution >= 4 is 17.5 Å². The molecule has 0 bridgehead atoms. The predicted molar refractivity (Wildman–Crippen MR) is 96.8 cm³/mol. The van der Waals surface area contributed by atoms with E-state index in [4.69, 9.17) is 4.74 Å². The third-order valence-electron chi connectivity index (χ3n) is 4.20. The number of ether oxygens (including phenoxy) is 1. The smallest absolute Gasteiger partial charge is 0.265 e. The summed E-state index contributed by atoms with van der Waals surface area (Å²) < 4.78 is 5.48. The summed E-state index contributed by atoms with van der Waals surface area (Å²) in [5, 5.41) is 2.91. The van der Waals surface area contributed by atoms with Gasteiger partial charge in [-0.05, 0) is 36.6 Å². The molecule has 0 unspecified atom stereocenters. The van der Waals surface area contributed by atoms with E-state index in [2.05, 4.69) is 5.32 Å². The fourth-order valence-electron chi connectivity index (χ4n) is 2.85. The van der Waals surface area contributed by atoms with Crippen LogP contribution in [0.3, 0.4) is 0 Å². The number of nitrogens with one attached hydrogen (secondary N) is 1. The van der Waals surface area contributed by atoms with E-state index in [1.165, 1.54) is 5.56 Å². The highest BCUT2D eigenvalue weighted by Crippen LogP contribution is 2.32. The van der Waals surface area contributed by atoms with Crippen LogP contribution in [0.5, 0.6) is 5.75 Å². The van der Waals surface area contributed by atoms with E-state index >= 15 is 0 Å². The second kappa shape index (κ2) is 7.83. The van der Waals surface area contributed by atoms with Gasteiger partial charge in [0.15, 0.2) is 6.61 Å². The molecule has 1 N–H and O–H groups in total. The average molecular weight is 338 g/mol. The average Bonchev–Trinajstić information content (AvgIpc) is 2.62. The molecule has 2 aromatic carbocycles. The molecule has 3 rings (SSSR count). The lowest BCUT2D eigenvalue weighted by Crippen LogP contribution is -2.41. The van der Waals surface area contributed by atoms with Crippen LogP contribution < -0.4 is 15.0 Å². The number of hydrogen-bond donors (Lipinski definition) is 1. The van der Waals surface area contributed by atoms with Gasteiger partial charge < -0.3 is 15.0 Å². The lowest BCUT2D eigenvalue weighted by Gasteiger charge is -2.29. The van der Waals surface area contributed by atoms with Gasteiger partial charge >= 0.3 is 0 Å². The number of carbonyl (C=O) groups is 2. The monoisotopic (exact) mass is 338 g/mol. The Bertz CT molecular complexity index is 759. The molecule has 0 aromatic heterocycles. The summed E-state index contributed by atoms with van der Waals surface area (Å²) in [6, 6.07) is 15.7. The van der Waals surface area contributed by atoms with Gasteiger partial charge in [-0.15, -0.1) is 0 Å². The molecule has 130 valence electrons. The van der Waals surface area contributed by atoms with Crippen molar-refractivity contribution in [1.82, 2.24) is 5.32 Å². The number of fused-ring (bicyclic) bond motifs is 1. The molecule has 0 aliphatic carbocycles. The molecular weight excluding hydrogens is 316 g/mol. The molecule has 2 amide bonds. The van der Waals surface area contributed by atoms with Crippen LogP contribution in [0.1, 0.15) is 17.5 Å². The first-order valence-electron chi connectivity index (χ1n) is 8.48. The summed E-state index contributed by atoms with van der Waals surface area (Å²) in [6.45, 7) is 2.95. The van der Waals surface area contributed by atoms with Crippen molar-refractivity contribution < 1.29 is 14.3 Å². The molecule has 0 saturated carbocycles. The van der Waals surface area contributed by atoms with Gasteiger partial charge in [0, 0.05) is 19.5 Å². The Kier molecular flexibility index (Phi) is 5.33. The van der Waals surface area contributed by atoms with Crippen molar-refractivity contribution in [3.8, 4) is 5.75 Å². The number of amides is 2. The Morgan fingerprint density at radius 2 is 2.00 bits per heavy atom. The Balaban J connectivity index is 1.51. The first-order valence-corrected chi connectivity index (χ1v) is 8.48. The SMILES string of the molecule is Cc1ccc2c(c1)OCC(=O)N2CCC(=O)NCCc1ccccc1. The van der Waals surface area contributed by atoms with E-state index in [0.29, 0.717) is 18.8 Å². The lowest BCUT2D eigenvalue weighted by atomic mass is 10.1. The van der Waals surface area contributed by atoms with Gasteiger partial charge in [0.2, 0.25) is 5.91 Å². The van der Waals surface area contributed by atoms with Crippen LogP contribution in [-0.2, 0) is 16.0 Å². The summed E-state index contributed by atoms with van der Waals surface area (Å²) in [7, 11) is 0. The number of rotatable bonds is 6. The minimum Gasteiger partial charge on any atom is -0.482 e. The molecule has 0 fully saturated rings. The Hall–Kier alpha value is -2.82. The van der Waals surface area contributed by atoms with E-state index in [1.54, 1.807) is 4.90 Å². The number of hydrogen-bond acceptors (Lipinski definition) is 3. The Labute approximate surface area is 147 Å². The van der Waals surface area contributed by atoms with Gasteiger partial charge in [-0.3, -0.25) is 9.59 Å². The topological polar surface area (TPSA) is 58.6 Å². The molecule has 0 spiro atoms. The van der Waals surface area contributed by atoms with Crippen molar-refractivity contribution in [3.63, 3.8) is 0 Å². The maximum absolute atomic E-state index is 12.1. The highest BCUT2D eigenvalue weighted by molar-refractivity contribution is 5.98. The first-order chi connectivity index (χ1) is 12.1. The molecule has 2 aromatic rings. The van der Waals surface area contributed by atoms with E-state index in [-0.39, 0.29) is 24.8 Å². The number of carbonyl (C=O) groups excluding carboxylic acids is 2. The quantitative estimate of drug-likeness (QED) is 0.880. The summed E-state index contributed by atoms with van der Waals surface area (Å²) in [6.07, 6.45) is 1.07. The van der Waals surface area contributed by atoms with Crippen LogP contribution in [0.2, 0.25) is 0 Å². The normalized spacial score (nSPS) is 13.2. The first kappa shape index (κ1) is 17.0. The standard InChI is InChI=1S/C20H22N2O3/c1-15-7-8-17-18(13-15)25-14-20(24)22(17)12-10-19(23)21-11-9-16-5-3-2-4-6-16/h2-8,13H,9-12,14H2,1H3,(H,21,23). The number of benzene rings is 2. The number of aryl methyl sites for hydroxylation is 1. The molecule has 0 atom stereocenters. The molecule has 0 saturated heterocycles.